The van der Waals surface area contributed by atoms with E-state index in [0.29, 0.717) is 15.6 Å². The molecular weight excluding hydrogens is 289 g/mol. The zero-order valence-electron chi connectivity index (χ0n) is 10.4. The number of rotatable bonds is 5. The van der Waals surface area contributed by atoms with Crippen LogP contribution in [0.5, 0.6) is 0 Å². The number of carbonyl (C=O) groups is 1. The number of hydrogen-bond acceptors (Lipinski definition) is 3. The van der Waals surface area contributed by atoms with Crippen LogP contribution in [0.1, 0.15) is 12.5 Å². The molecule has 0 aliphatic rings. The van der Waals surface area contributed by atoms with Crippen molar-refractivity contribution in [3.8, 4) is 0 Å². The van der Waals surface area contributed by atoms with E-state index < -0.39 is 11.4 Å². The van der Waals surface area contributed by atoms with Gasteiger partial charge in [-0.1, -0.05) is 35.3 Å². The maximum absolute atomic E-state index is 11.6. The molecule has 6 heteroatoms. The van der Waals surface area contributed by atoms with Crippen molar-refractivity contribution in [2.45, 2.75) is 12.5 Å². The lowest BCUT2D eigenvalue weighted by atomic mass is 10.1. The predicted octanol–water partition coefficient (Wildman–Crippen LogP) is 1.87. The maximum atomic E-state index is 11.6. The molecule has 104 valence electrons. The first kappa shape index (κ1) is 16.0. The summed E-state index contributed by atoms with van der Waals surface area (Å²) in [5, 5.41) is 21.4. The Labute approximate surface area is 121 Å². The van der Waals surface area contributed by atoms with Crippen molar-refractivity contribution in [1.29, 1.82) is 0 Å². The molecule has 1 amide bonds. The monoisotopic (exact) mass is 303 g/mol. The van der Waals surface area contributed by atoms with Crippen LogP contribution in [0, 0.1) is 0 Å². The van der Waals surface area contributed by atoms with Crippen LogP contribution in [0.15, 0.2) is 24.3 Å². The van der Waals surface area contributed by atoms with Gasteiger partial charge in [0.2, 0.25) is 5.91 Å². The molecule has 3 N–H and O–H groups in total. The highest BCUT2D eigenvalue weighted by molar-refractivity contribution is 6.42. The van der Waals surface area contributed by atoms with Crippen LogP contribution < -0.4 is 5.32 Å². The van der Waals surface area contributed by atoms with Gasteiger partial charge in [0.05, 0.1) is 28.8 Å². The minimum atomic E-state index is -1.06. The number of aliphatic hydroxyl groups is 2. The quantitative estimate of drug-likeness (QED) is 0.727. The molecule has 0 bridgehead atoms. The summed E-state index contributed by atoms with van der Waals surface area (Å²) >= 11 is 11.8. The van der Waals surface area contributed by atoms with E-state index in [1.807, 2.05) is 0 Å². The van der Waals surface area contributed by atoms with Gasteiger partial charge in [0.15, 0.2) is 0 Å². The first-order valence-electron chi connectivity index (χ1n) is 5.58. The first-order chi connectivity index (χ1) is 8.91. The van der Waals surface area contributed by atoms with Gasteiger partial charge in [0.1, 0.15) is 0 Å². The fourth-order valence-corrected chi connectivity index (χ4v) is 1.65. The van der Waals surface area contributed by atoms with Gasteiger partial charge < -0.3 is 15.5 Å². The standard InChI is InChI=1S/C13H15Cl2NO3/c1-13(7-17,8-18)16-11(19)6-5-9-3-2-4-10(14)12(9)15/h2-6,17-18H,7-8H2,1H3,(H,16,19)/b6-5+. The number of nitrogens with one attached hydrogen (secondary N) is 1. The van der Waals surface area contributed by atoms with Crippen molar-refractivity contribution in [2.75, 3.05) is 13.2 Å². The third-order valence-electron chi connectivity index (χ3n) is 2.52. The Balaban J connectivity index is 2.77. The second-order valence-electron chi connectivity index (χ2n) is 4.34. The highest BCUT2D eigenvalue weighted by atomic mass is 35.5. The SMILES string of the molecule is CC(CO)(CO)NC(=O)/C=C/c1cccc(Cl)c1Cl. The zero-order chi connectivity index (χ0) is 14.5. The van der Waals surface area contributed by atoms with Crippen molar-refractivity contribution in [1.82, 2.24) is 5.32 Å². The second kappa shape index (κ2) is 6.91. The van der Waals surface area contributed by atoms with E-state index >= 15 is 0 Å². The molecule has 0 saturated carbocycles. The molecule has 0 heterocycles. The number of halogens is 2. The molecule has 0 spiro atoms. The third kappa shape index (κ3) is 4.51. The Kier molecular flexibility index (Phi) is 5.82. The minimum absolute atomic E-state index is 0.360. The van der Waals surface area contributed by atoms with E-state index in [-0.39, 0.29) is 13.2 Å². The Morgan fingerprint density at radius 3 is 2.58 bits per heavy atom. The van der Waals surface area contributed by atoms with Gasteiger partial charge in [0.25, 0.3) is 0 Å². The van der Waals surface area contributed by atoms with Crippen LogP contribution in [0.2, 0.25) is 10.0 Å². The van der Waals surface area contributed by atoms with Gasteiger partial charge >= 0.3 is 0 Å². The summed E-state index contributed by atoms with van der Waals surface area (Å²) in [6.07, 6.45) is 2.78. The van der Waals surface area contributed by atoms with Gasteiger partial charge in [-0.2, -0.15) is 0 Å². The van der Waals surface area contributed by atoms with E-state index in [2.05, 4.69) is 5.32 Å². The molecule has 0 fully saturated rings. The second-order valence-corrected chi connectivity index (χ2v) is 5.13. The van der Waals surface area contributed by atoms with Crippen molar-refractivity contribution in [3.63, 3.8) is 0 Å². The lowest BCUT2D eigenvalue weighted by Crippen LogP contribution is -2.51. The number of benzene rings is 1. The maximum Gasteiger partial charge on any atom is 0.244 e. The topological polar surface area (TPSA) is 69.6 Å². The highest BCUT2D eigenvalue weighted by Gasteiger charge is 2.23. The van der Waals surface area contributed by atoms with Crippen LogP contribution in [0.25, 0.3) is 6.08 Å². The van der Waals surface area contributed by atoms with E-state index in [0.717, 1.165) is 0 Å². The smallest absolute Gasteiger partial charge is 0.244 e. The Hall–Kier alpha value is -1.07. The molecule has 0 atom stereocenters. The van der Waals surface area contributed by atoms with E-state index in [9.17, 15) is 4.79 Å². The van der Waals surface area contributed by atoms with Gasteiger partial charge in [-0.15, -0.1) is 0 Å². The normalized spacial score (nSPS) is 11.8. The molecule has 4 nitrogen and oxygen atoms in total. The molecule has 19 heavy (non-hydrogen) atoms. The van der Waals surface area contributed by atoms with Gasteiger partial charge in [-0.3, -0.25) is 4.79 Å². The Bertz CT molecular complexity index is 485. The summed E-state index contributed by atoms with van der Waals surface area (Å²) in [7, 11) is 0. The van der Waals surface area contributed by atoms with Crippen molar-refractivity contribution in [3.05, 3.63) is 39.9 Å². The van der Waals surface area contributed by atoms with Crippen LogP contribution in [0.3, 0.4) is 0 Å². The van der Waals surface area contributed by atoms with E-state index in [1.165, 1.54) is 19.1 Å². The summed E-state index contributed by atoms with van der Waals surface area (Å²) in [4.78, 5) is 11.6. The van der Waals surface area contributed by atoms with Crippen molar-refractivity contribution in [2.24, 2.45) is 0 Å². The van der Waals surface area contributed by atoms with E-state index in [1.54, 1.807) is 18.2 Å². The minimum Gasteiger partial charge on any atom is -0.394 e. The largest absolute Gasteiger partial charge is 0.394 e. The molecule has 0 aliphatic carbocycles. The average molecular weight is 304 g/mol. The molecule has 0 unspecified atom stereocenters. The Morgan fingerprint density at radius 2 is 2.00 bits per heavy atom. The van der Waals surface area contributed by atoms with Gasteiger partial charge in [-0.25, -0.2) is 0 Å². The summed E-state index contributed by atoms with van der Waals surface area (Å²) in [5.74, 6) is -0.443. The van der Waals surface area contributed by atoms with Crippen LogP contribution in [-0.2, 0) is 4.79 Å². The molecule has 0 aromatic heterocycles. The molecule has 1 rings (SSSR count). The lowest BCUT2D eigenvalue weighted by molar-refractivity contribution is -0.119. The van der Waals surface area contributed by atoms with Gasteiger partial charge in [-0.05, 0) is 24.6 Å². The Morgan fingerprint density at radius 1 is 1.37 bits per heavy atom. The third-order valence-corrected chi connectivity index (χ3v) is 3.35. The van der Waals surface area contributed by atoms with Crippen LogP contribution in [0.4, 0.5) is 0 Å². The number of carbonyl (C=O) groups excluding carboxylic acids is 1. The van der Waals surface area contributed by atoms with Gasteiger partial charge in [0, 0.05) is 6.08 Å². The number of amides is 1. The summed E-state index contributed by atoms with van der Waals surface area (Å²) in [6.45, 7) is 0.813. The molecule has 0 saturated heterocycles. The molecule has 0 radical (unpaired) electrons. The predicted molar refractivity (Wildman–Crippen MR) is 76.2 cm³/mol. The molecular formula is C13H15Cl2NO3. The van der Waals surface area contributed by atoms with Crippen LogP contribution >= 0.6 is 23.2 Å². The average Bonchev–Trinajstić information content (AvgIpc) is 2.40. The van der Waals surface area contributed by atoms with E-state index in [4.69, 9.17) is 33.4 Å². The van der Waals surface area contributed by atoms with Crippen molar-refractivity contribution >= 4 is 35.2 Å². The fourth-order valence-electron chi connectivity index (χ4n) is 1.28. The zero-order valence-corrected chi connectivity index (χ0v) is 11.9. The molecule has 1 aromatic rings. The summed E-state index contributed by atoms with van der Waals surface area (Å²) < 4.78 is 0. The lowest BCUT2D eigenvalue weighted by Gasteiger charge is -2.25. The van der Waals surface area contributed by atoms with Crippen molar-refractivity contribution < 1.29 is 15.0 Å². The molecule has 1 aromatic carbocycles. The number of hydrogen-bond donors (Lipinski definition) is 3. The number of aliphatic hydroxyl groups excluding tert-OH is 2. The van der Waals surface area contributed by atoms with Crippen LogP contribution in [-0.4, -0.2) is 34.9 Å². The first-order valence-corrected chi connectivity index (χ1v) is 6.33. The fraction of sp³-hybridized carbons (Fsp3) is 0.308. The summed E-state index contributed by atoms with van der Waals surface area (Å²) in [5.41, 5.74) is -0.446. The molecule has 0 aliphatic heterocycles. The summed E-state index contributed by atoms with van der Waals surface area (Å²) in [6, 6.07) is 5.09. The highest BCUT2D eigenvalue weighted by Crippen LogP contribution is 2.26.